The first-order valence-electron chi connectivity index (χ1n) is 7.60. The van der Waals surface area contributed by atoms with Crippen molar-refractivity contribution in [2.45, 2.75) is 62.8 Å². The van der Waals surface area contributed by atoms with Gasteiger partial charge < -0.3 is 15.2 Å². The van der Waals surface area contributed by atoms with Gasteiger partial charge in [0.1, 0.15) is 0 Å². The zero-order valence-corrected chi connectivity index (χ0v) is 11.2. The average molecular weight is 254 g/mol. The van der Waals surface area contributed by atoms with Crippen molar-refractivity contribution in [3.63, 3.8) is 0 Å². The van der Waals surface area contributed by atoms with Crippen LogP contribution in [-0.4, -0.2) is 60.5 Å². The fraction of sp³-hybridized carbons (Fsp3) is 1.00. The van der Waals surface area contributed by atoms with Gasteiger partial charge in [0.2, 0.25) is 0 Å². The molecule has 0 amide bonds. The molecule has 4 atom stereocenters. The minimum atomic E-state index is -0.151. The van der Waals surface area contributed by atoms with Crippen LogP contribution in [0.15, 0.2) is 0 Å². The molecule has 2 saturated heterocycles. The van der Waals surface area contributed by atoms with Crippen molar-refractivity contribution < 1.29 is 9.84 Å². The molecule has 1 saturated carbocycles. The maximum atomic E-state index is 9.93. The van der Waals surface area contributed by atoms with E-state index >= 15 is 0 Å². The summed E-state index contributed by atoms with van der Waals surface area (Å²) in [6.07, 6.45) is 7.29. The summed E-state index contributed by atoms with van der Waals surface area (Å²) < 4.78 is 5.93. The molecule has 18 heavy (non-hydrogen) atoms. The fourth-order valence-electron chi connectivity index (χ4n) is 3.64. The number of hydrogen-bond donors (Lipinski definition) is 2. The summed E-state index contributed by atoms with van der Waals surface area (Å²) in [5.74, 6) is 0. The Morgan fingerprint density at radius 2 is 2.06 bits per heavy atom. The summed E-state index contributed by atoms with van der Waals surface area (Å²) in [5, 5.41) is 13.5. The van der Waals surface area contributed by atoms with E-state index in [1.807, 2.05) is 0 Å². The van der Waals surface area contributed by atoms with Crippen LogP contribution in [0.2, 0.25) is 0 Å². The molecule has 3 aliphatic rings. The van der Waals surface area contributed by atoms with Gasteiger partial charge >= 0.3 is 0 Å². The fourth-order valence-corrected chi connectivity index (χ4v) is 3.64. The summed E-state index contributed by atoms with van der Waals surface area (Å²) in [4.78, 5) is 2.58. The lowest BCUT2D eigenvalue weighted by Crippen LogP contribution is -2.52. The zero-order chi connectivity index (χ0) is 12.4. The lowest BCUT2D eigenvalue weighted by Gasteiger charge is -2.37. The van der Waals surface area contributed by atoms with Gasteiger partial charge in [0, 0.05) is 25.2 Å². The Labute approximate surface area is 110 Å². The van der Waals surface area contributed by atoms with Crippen LogP contribution in [0, 0.1) is 0 Å². The van der Waals surface area contributed by atoms with Crippen molar-refractivity contribution in [1.29, 1.82) is 0 Å². The van der Waals surface area contributed by atoms with Gasteiger partial charge in [-0.3, -0.25) is 4.90 Å². The predicted octanol–water partition coefficient (Wildman–Crippen LogP) is 0.743. The molecule has 4 heteroatoms. The smallest absolute Gasteiger partial charge is 0.0827 e. The normalized spacial score (nSPS) is 41.8. The molecular weight excluding hydrogens is 228 g/mol. The van der Waals surface area contributed by atoms with Crippen LogP contribution in [0.5, 0.6) is 0 Å². The Morgan fingerprint density at radius 1 is 1.17 bits per heavy atom. The third kappa shape index (κ3) is 2.87. The summed E-state index contributed by atoms with van der Waals surface area (Å²) in [6.45, 7) is 4.11. The maximum Gasteiger partial charge on any atom is 0.0827 e. The van der Waals surface area contributed by atoms with E-state index < -0.39 is 0 Å². The zero-order valence-electron chi connectivity index (χ0n) is 11.2. The summed E-state index contributed by atoms with van der Waals surface area (Å²) in [6, 6.07) is 0.972. The maximum absolute atomic E-state index is 9.93. The Bertz CT molecular complexity index is 275. The molecule has 0 spiro atoms. The number of ether oxygens (including phenoxy) is 1. The Morgan fingerprint density at radius 3 is 2.94 bits per heavy atom. The molecule has 0 aromatic rings. The Balaban J connectivity index is 1.43. The van der Waals surface area contributed by atoms with Crippen molar-refractivity contribution in [2.24, 2.45) is 0 Å². The minimum absolute atomic E-state index is 0.151. The minimum Gasteiger partial charge on any atom is -0.392 e. The Hall–Kier alpha value is -0.160. The van der Waals surface area contributed by atoms with Gasteiger partial charge in [0.05, 0.1) is 18.8 Å². The number of nitrogens with one attached hydrogen (secondary N) is 1. The summed E-state index contributed by atoms with van der Waals surface area (Å²) in [7, 11) is 0. The van der Waals surface area contributed by atoms with Gasteiger partial charge in [-0.25, -0.2) is 0 Å². The average Bonchev–Trinajstić information content (AvgIpc) is 2.85. The van der Waals surface area contributed by atoms with Crippen LogP contribution in [0.3, 0.4) is 0 Å². The van der Waals surface area contributed by atoms with E-state index in [2.05, 4.69) is 10.2 Å². The second-order valence-corrected chi connectivity index (χ2v) is 6.11. The molecule has 0 aromatic carbocycles. The lowest BCUT2D eigenvalue weighted by atomic mass is 9.92. The van der Waals surface area contributed by atoms with Crippen LogP contribution >= 0.6 is 0 Å². The first kappa shape index (κ1) is 12.9. The van der Waals surface area contributed by atoms with Crippen molar-refractivity contribution in [3.05, 3.63) is 0 Å². The number of aliphatic hydroxyl groups excluding tert-OH is 1. The highest BCUT2D eigenvalue weighted by Gasteiger charge is 2.32. The molecule has 3 rings (SSSR count). The number of rotatable bonds is 3. The van der Waals surface area contributed by atoms with E-state index in [1.165, 1.54) is 32.2 Å². The first-order valence-corrected chi connectivity index (χ1v) is 7.60. The molecule has 2 unspecified atom stereocenters. The molecule has 1 aliphatic carbocycles. The predicted molar refractivity (Wildman–Crippen MR) is 70.6 cm³/mol. The van der Waals surface area contributed by atoms with Crippen LogP contribution in [0.1, 0.15) is 38.5 Å². The number of nitrogens with zero attached hydrogens (tertiary/aromatic N) is 1. The highest BCUT2D eigenvalue weighted by atomic mass is 16.5. The van der Waals surface area contributed by atoms with Crippen LogP contribution in [0.25, 0.3) is 0 Å². The SMILES string of the molecule is O[C@@H]1CCCC[C@H]1NCC1CN2CCCC2CO1. The monoisotopic (exact) mass is 254 g/mol. The molecule has 2 N–H and O–H groups in total. The van der Waals surface area contributed by atoms with Crippen LogP contribution in [-0.2, 0) is 4.74 Å². The van der Waals surface area contributed by atoms with Crippen molar-refractivity contribution in [2.75, 3.05) is 26.2 Å². The highest BCUT2D eigenvalue weighted by molar-refractivity contribution is 4.87. The Kier molecular flexibility index (Phi) is 4.19. The second-order valence-electron chi connectivity index (χ2n) is 6.11. The third-order valence-corrected chi connectivity index (χ3v) is 4.80. The topological polar surface area (TPSA) is 44.7 Å². The van der Waals surface area contributed by atoms with Gasteiger partial charge in [0.15, 0.2) is 0 Å². The molecule has 3 fully saturated rings. The molecule has 0 bridgehead atoms. The molecule has 104 valence electrons. The lowest BCUT2D eigenvalue weighted by molar-refractivity contribution is -0.0503. The van der Waals surface area contributed by atoms with Crippen LogP contribution < -0.4 is 5.32 Å². The summed E-state index contributed by atoms with van der Waals surface area (Å²) >= 11 is 0. The van der Waals surface area contributed by atoms with Crippen molar-refractivity contribution in [1.82, 2.24) is 10.2 Å². The first-order chi connectivity index (χ1) is 8.83. The number of aliphatic hydroxyl groups is 1. The largest absolute Gasteiger partial charge is 0.392 e. The van der Waals surface area contributed by atoms with E-state index in [4.69, 9.17) is 4.74 Å². The molecule has 0 aromatic heterocycles. The molecule has 2 heterocycles. The van der Waals surface area contributed by atoms with E-state index in [0.29, 0.717) is 18.2 Å². The standard InChI is InChI=1S/C14H26N2O2/c17-14-6-2-1-5-13(14)15-8-12-9-16-7-3-4-11(16)10-18-12/h11-15,17H,1-10H2/t11?,12?,13-,14-/m1/s1. The van der Waals surface area contributed by atoms with Crippen molar-refractivity contribution in [3.8, 4) is 0 Å². The van der Waals surface area contributed by atoms with Gasteiger partial charge in [-0.2, -0.15) is 0 Å². The van der Waals surface area contributed by atoms with Crippen molar-refractivity contribution >= 4 is 0 Å². The van der Waals surface area contributed by atoms with E-state index in [1.54, 1.807) is 0 Å². The van der Waals surface area contributed by atoms with E-state index in [-0.39, 0.29) is 6.10 Å². The number of fused-ring (bicyclic) bond motifs is 1. The number of hydrogen-bond acceptors (Lipinski definition) is 4. The van der Waals surface area contributed by atoms with E-state index in [9.17, 15) is 5.11 Å². The molecule has 2 aliphatic heterocycles. The van der Waals surface area contributed by atoms with E-state index in [0.717, 1.165) is 32.5 Å². The number of morpholine rings is 1. The van der Waals surface area contributed by atoms with Gasteiger partial charge in [-0.05, 0) is 32.2 Å². The second kappa shape index (κ2) is 5.87. The quantitative estimate of drug-likeness (QED) is 0.780. The highest BCUT2D eigenvalue weighted by Crippen LogP contribution is 2.23. The van der Waals surface area contributed by atoms with Gasteiger partial charge in [-0.15, -0.1) is 0 Å². The van der Waals surface area contributed by atoms with Gasteiger partial charge in [-0.1, -0.05) is 12.8 Å². The van der Waals surface area contributed by atoms with Gasteiger partial charge in [0.25, 0.3) is 0 Å². The third-order valence-electron chi connectivity index (χ3n) is 4.80. The molecule has 4 nitrogen and oxygen atoms in total. The van der Waals surface area contributed by atoms with Crippen LogP contribution in [0.4, 0.5) is 0 Å². The summed E-state index contributed by atoms with van der Waals surface area (Å²) in [5.41, 5.74) is 0. The molecular formula is C14H26N2O2. The molecule has 0 radical (unpaired) electrons.